The molecule has 6 heteroatoms. The Morgan fingerprint density at radius 2 is 2.00 bits per heavy atom. The van der Waals surface area contributed by atoms with Crippen molar-refractivity contribution >= 4 is 17.1 Å². The lowest BCUT2D eigenvalue weighted by atomic mass is 10.2. The van der Waals surface area contributed by atoms with Crippen LogP contribution in [-0.4, -0.2) is 22.5 Å². The van der Waals surface area contributed by atoms with Gasteiger partial charge in [-0.2, -0.15) is 0 Å². The van der Waals surface area contributed by atoms with Gasteiger partial charge in [0, 0.05) is 13.1 Å². The predicted molar refractivity (Wildman–Crippen MR) is 69.4 cm³/mol. The zero-order valence-corrected chi connectivity index (χ0v) is 10.2. The minimum Gasteiger partial charge on any atom is -0.338 e. The number of H-pyrrole nitrogens is 2. The monoisotopic (exact) mass is 248 g/mol. The Balaban J connectivity index is 1.99. The van der Waals surface area contributed by atoms with Gasteiger partial charge in [-0.1, -0.05) is 13.0 Å². The molecule has 0 radical (unpaired) electrons. The highest BCUT2D eigenvalue weighted by atomic mass is 16.2. The average molecular weight is 248 g/mol. The van der Waals surface area contributed by atoms with Crippen molar-refractivity contribution < 1.29 is 4.79 Å². The second kappa shape index (κ2) is 5.39. The van der Waals surface area contributed by atoms with Crippen molar-refractivity contribution in [1.29, 1.82) is 0 Å². The van der Waals surface area contributed by atoms with Gasteiger partial charge in [0.25, 0.3) is 0 Å². The molecule has 0 saturated heterocycles. The van der Waals surface area contributed by atoms with E-state index in [-0.39, 0.29) is 11.7 Å². The Morgan fingerprint density at radius 1 is 1.22 bits per heavy atom. The molecule has 0 aliphatic rings. The summed E-state index contributed by atoms with van der Waals surface area (Å²) in [6.45, 7) is 3.09. The van der Waals surface area contributed by atoms with Crippen LogP contribution in [0.1, 0.15) is 18.9 Å². The van der Waals surface area contributed by atoms with Gasteiger partial charge in [-0.05, 0) is 24.1 Å². The third kappa shape index (κ3) is 2.91. The molecule has 4 N–H and O–H groups in total. The summed E-state index contributed by atoms with van der Waals surface area (Å²) in [7, 11) is 0. The molecule has 0 aliphatic carbocycles. The molecule has 0 atom stereocenters. The molecule has 0 fully saturated rings. The molecule has 1 heterocycles. The lowest BCUT2D eigenvalue weighted by molar-refractivity contribution is 0.240. The first-order valence-corrected chi connectivity index (χ1v) is 5.91. The van der Waals surface area contributed by atoms with E-state index in [2.05, 4.69) is 20.6 Å². The van der Waals surface area contributed by atoms with Gasteiger partial charge in [0.1, 0.15) is 0 Å². The first-order valence-electron chi connectivity index (χ1n) is 5.91. The molecular weight excluding hydrogens is 232 g/mol. The van der Waals surface area contributed by atoms with Crippen molar-refractivity contribution in [3.8, 4) is 0 Å². The number of hydrogen-bond acceptors (Lipinski definition) is 2. The van der Waals surface area contributed by atoms with Gasteiger partial charge in [-0.25, -0.2) is 9.59 Å². The van der Waals surface area contributed by atoms with E-state index in [4.69, 9.17) is 0 Å². The highest BCUT2D eigenvalue weighted by molar-refractivity contribution is 5.76. The minimum atomic E-state index is -0.226. The van der Waals surface area contributed by atoms with Crippen molar-refractivity contribution in [2.24, 2.45) is 0 Å². The maximum absolute atomic E-state index is 11.4. The van der Waals surface area contributed by atoms with Gasteiger partial charge < -0.3 is 20.6 Å². The van der Waals surface area contributed by atoms with Crippen LogP contribution >= 0.6 is 0 Å². The summed E-state index contributed by atoms with van der Waals surface area (Å²) in [5.74, 6) is 0. The summed E-state index contributed by atoms with van der Waals surface area (Å²) in [6, 6.07) is 5.34. The fourth-order valence-electron chi connectivity index (χ4n) is 1.67. The molecule has 6 nitrogen and oxygen atoms in total. The van der Waals surface area contributed by atoms with Gasteiger partial charge in [-0.15, -0.1) is 0 Å². The highest BCUT2D eigenvalue weighted by Gasteiger charge is 2.02. The van der Waals surface area contributed by atoms with Crippen LogP contribution in [0.3, 0.4) is 0 Å². The summed E-state index contributed by atoms with van der Waals surface area (Å²) in [6.07, 6.45) is 0.907. The molecule has 96 valence electrons. The van der Waals surface area contributed by atoms with Gasteiger partial charge in [-0.3, -0.25) is 0 Å². The van der Waals surface area contributed by atoms with Gasteiger partial charge in [0.05, 0.1) is 11.0 Å². The molecule has 2 rings (SSSR count). The number of amides is 2. The van der Waals surface area contributed by atoms with Gasteiger partial charge in [0.15, 0.2) is 0 Å². The van der Waals surface area contributed by atoms with Crippen LogP contribution in [0.2, 0.25) is 0 Å². The Kier molecular flexibility index (Phi) is 3.66. The first kappa shape index (κ1) is 12.2. The van der Waals surface area contributed by atoms with Crippen LogP contribution in [0.4, 0.5) is 4.79 Å². The second-order valence-corrected chi connectivity index (χ2v) is 4.07. The summed E-state index contributed by atoms with van der Waals surface area (Å²) < 4.78 is 0. The van der Waals surface area contributed by atoms with Crippen LogP contribution in [0.25, 0.3) is 11.0 Å². The third-order valence-electron chi connectivity index (χ3n) is 2.57. The van der Waals surface area contributed by atoms with E-state index in [9.17, 15) is 9.59 Å². The molecule has 2 aromatic rings. The molecule has 0 unspecified atom stereocenters. The van der Waals surface area contributed by atoms with Crippen molar-refractivity contribution in [3.05, 3.63) is 34.2 Å². The van der Waals surface area contributed by atoms with Crippen molar-refractivity contribution in [1.82, 2.24) is 20.6 Å². The minimum absolute atomic E-state index is 0.181. The Hall–Kier alpha value is -2.24. The number of nitrogens with one attached hydrogen (secondary N) is 4. The lowest BCUT2D eigenvalue weighted by Crippen LogP contribution is -2.35. The number of aromatic nitrogens is 2. The smallest absolute Gasteiger partial charge is 0.323 e. The number of rotatable bonds is 4. The number of imidazole rings is 1. The van der Waals surface area contributed by atoms with Crippen LogP contribution in [0.15, 0.2) is 23.0 Å². The SMILES string of the molecule is CCCNC(=O)NCc1ccc2[nH]c(=O)[nH]c2c1. The number of carbonyl (C=O) groups excluding carboxylic acids is 1. The zero-order chi connectivity index (χ0) is 13.0. The molecule has 1 aromatic heterocycles. The number of hydrogen-bond donors (Lipinski definition) is 4. The number of fused-ring (bicyclic) bond motifs is 1. The zero-order valence-electron chi connectivity index (χ0n) is 10.2. The standard InChI is InChI=1S/C12H16N4O2/c1-2-5-13-11(17)14-7-8-3-4-9-10(6-8)16-12(18)15-9/h3-4,6H,2,5,7H2,1H3,(H2,13,14,17)(H2,15,16,18). The number of urea groups is 1. The predicted octanol–water partition coefficient (Wildman–Crippen LogP) is 1.07. The maximum Gasteiger partial charge on any atom is 0.323 e. The normalized spacial score (nSPS) is 10.5. The summed E-state index contributed by atoms with van der Waals surface area (Å²) in [5, 5.41) is 5.48. The van der Waals surface area contributed by atoms with Crippen LogP contribution < -0.4 is 16.3 Å². The fraction of sp³-hybridized carbons (Fsp3) is 0.333. The number of carbonyl (C=O) groups is 1. The van der Waals surface area contributed by atoms with E-state index < -0.39 is 0 Å². The van der Waals surface area contributed by atoms with Crippen LogP contribution in [-0.2, 0) is 6.54 Å². The van der Waals surface area contributed by atoms with E-state index >= 15 is 0 Å². The van der Waals surface area contributed by atoms with Gasteiger partial charge in [0.2, 0.25) is 0 Å². The Labute approximate surface area is 104 Å². The Bertz CT molecular complexity index is 599. The van der Waals surface area contributed by atoms with E-state index in [0.717, 1.165) is 23.0 Å². The molecule has 1 aromatic carbocycles. The largest absolute Gasteiger partial charge is 0.338 e. The number of benzene rings is 1. The lowest BCUT2D eigenvalue weighted by Gasteiger charge is -2.06. The highest BCUT2D eigenvalue weighted by Crippen LogP contribution is 2.09. The molecule has 18 heavy (non-hydrogen) atoms. The third-order valence-corrected chi connectivity index (χ3v) is 2.57. The van der Waals surface area contributed by atoms with Crippen LogP contribution in [0, 0.1) is 0 Å². The fourth-order valence-corrected chi connectivity index (χ4v) is 1.67. The summed E-state index contributed by atoms with van der Waals surface area (Å²) in [4.78, 5) is 27.8. The van der Waals surface area contributed by atoms with E-state index in [1.807, 2.05) is 25.1 Å². The number of aromatic amines is 2. The molecular formula is C12H16N4O2. The average Bonchev–Trinajstić information content (AvgIpc) is 2.73. The van der Waals surface area contributed by atoms with Gasteiger partial charge >= 0.3 is 11.7 Å². The molecule has 0 saturated carbocycles. The molecule has 2 amide bonds. The Morgan fingerprint density at radius 3 is 2.78 bits per heavy atom. The second-order valence-electron chi connectivity index (χ2n) is 4.07. The molecule has 0 spiro atoms. The maximum atomic E-state index is 11.4. The summed E-state index contributed by atoms with van der Waals surface area (Å²) >= 11 is 0. The molecule has 0 bridgehead atoms. The van der Waals surface area contributed by atoms with E-state index in [1.54, 1.807) is 0 Å². The first-order chi connectivity index (χ1) is 8.69. The van der Waals surface area contributed by atoms with Crippen molar-refractivity contribution in [3.63, 3.8) is 0 Å². The summed E-state index contributed by atoms with van der Waals surface area (Å²) in [5.41, 5.74) is 2.22. The quantitative estimate of drug-likeness (QED) is 0.652. The van der Waals surface area contributed by atoms with E-state index in [0.29, 0.717) is 13.1 Å². The molecule has 0 aliphatic heterocycles. The van der Waals surface area contributed by atoms with E-state index in [1.165, 1.54) is 0 Å². The van der Waals surface area contributed by atoms with Crippen molar-refractivity contribution in [2.45, 2.75) is 19.9 Å². The topological polar surface area (TPSA) is 89.8 Å². The van der Waals surface area contributed by atoms with Crippen molar-refractivity contribution in [2.75, 3.05) is 6.54 Å². The van der Waals surface area contributed by atoms with Crippen LogP contribution in [0.5, 0.6) is 0 Å².